The molecular weight excluding hydrogens is 268 g/mol. The molecule has 2 amide bonds. The number of piperazine rings is 1. The first-order valence-corrected chi connectivity index (χ1v) is 7.58. The molecule has 0 saturated carbocycles. The van der Waals surface area contributed by atoms with Crippen molar-refractivity contribution in [1.82, 2.24) is 24.9 Å². The van der Waals surface area contributed by atoms with E-state index in [1.807, 2.05) is 20.0 Å². The minimum Gasteiger partial charge on any atom is -0.337 e. The van der Waals surface area contributed by atoms with Crippen LogP contribution in [0.3, 0.4) is 0 Å². The Hall–Kier alpha value is -1.60. The lowest BCUT2D eigenvalue weighted by Gasteiger charge is -2.33. The first-order valence-electron chi connectivity index (χ1n) is 7.58. The summed E-state index contributed by atoms with van der Waals surface area (Å²) in [6.07, 6.45) is 0. The molecule has 1 saturated heterocycles. The maximum Gasteiger partial charge on any atom is 0.320 e. The molecule has 7 nitrogen and oxygen atoms in total. The van der Waals surface area contributed by atoms with Crippen LogP contribution in [0, 0.1) is 6.92 Å². The lowest BCUT2D eigenvalue weighted by molar-refractivity contribution is 0.138. The van der Waals surface area contributed by atoms with Gasteiger partial charge in [-0.05, 0) is 13.5 Å². The monoisotopic (exact) mass is 294 g/mol. The Kier molecular flexibility index (Phi) is 5.58. The van der Waals surface area contributed by atoms with Crippen molar-refractivity contribution in [3.8, 4) is 0 Å². The number of rotatable bonds is 5. The number of nitrogens with zero attached hydrogens (tertiary/aromatic N) is 4. The van der Waals surface area contributed by atoms with Crippen molar-refractivity contribution in [2.24, 2.45) is 7.05 Å². The minimum absolute atomic E-state index is 0.176. The summed E-state index contributed by atoms with van der Waals surface area (Å²) in [5.41, 5.74) is 0.890. The van der Waals surface area contributed by atoms with Crippen LogP contribution in [-0.2, 0) is 7.05 Å². The van der Waals surface area contributed by atoms with E-state index in [1.165, 1.54) is 0 Å². The van der Waals surface area contributed by atoms with Crippen molar-refractivity contribution in [3.63, 3.8) is 0 Å². The smallest absolute Gasteiger partial charge is 0.320 e. The molecule has 0 aromatic carbocycles. The van der Waals surface area contributed by atoms with Crippen LogP contribution in [-0.4, -0.2) is 71.4 Å². The second-order valence-electron chi connectivity index (χ2n) is 5.45. The zero-order valence-electron chi connectivity index (χ0n) is 13.2. The molecule has 2 heterocycles. The summed E-state index contributed by atoms with van der Waals surface area (Å²) in [6, 6.07) is 1.67. The quantitative estimate of drug-likeness (QED) is 0.829. The van der Waals surface area contributed by atoms with Gasteiger partial charge in [0.2, 0.25) is 0 Å². The van der Waals surface area contributed by atoms with Gasteiger partial charge in [-0.1, -0.05) is 6.92 Å². The topological polar surface area (TPSA) is 65.4 Å². The Balaban J connectivity index is 1.65. The molecule has 1 aliphatic rings. The molecule has 21 heavy (non-hydrogen) atoms. The summed E-state index contributed by atoms with van der Waals surface area (Å²) in [4.78, 5) is 16.7. The van der Waals surface area contributed by atoms with E-state index < -0.39 is 0 Å². The van der Waals surface area contributed by atoms with Gasteiger partial charge in [0, 0.05) is 52.4 Å². The Labute approximate surface area is 126 Å². The minimum atomic E-state index is -0.176. The number of aryl methyl sites for hydroxylation is 2. The van der Waals surface area contributed by atoms with E-state index in [2.05, 4.69) is 32.5 Å². The number of hydrogen-bond donors (Lipinski definition) is 2. The number of hydrogen-bond acceptors (Lipinski definition) is 4. The third-order valence-electron chi connectivity index (χ3n) is 3.87. The Morgan fingerprint density at radius 2 is 1.95 bits per heavy atom. The van der Waals surface area contributed by atoms with E-state index >= 15 is 0 Å². The molecule has 1 aromatic heterocycles. The molecule has 1 aliphatic heterocycles. The summed E-state index contributed by atoms with van der Waals surface area (Å²) in [5, 5.41) is 9.90. The molecule has 1 fully saturated rings. The number of amides is 2. The molecule has 0 atom stereocenters. The molecule has 118 valence electrons. The van der Waals surface area contributed by atoms with Gasteiger partial charge in [-0.15, -0.1) is 0 Å². The van der Waals surface area contributed by atoms with Gasteiger partial charge >= 0.3 is 6.03 Å². The van der Waals surface area contributed by atoms with E-state index in [1.54, 1.807) is 4.68 Å². The van der Waals surface area contributed by atoms with Gasteiger partial charge in [-0.3, -0.25) is 14.9 Å². The summed E-state index contributed by atoms with van der Waals surface area (Å²) in [7, 11) is 1.82. The zero-order chi connectivity index (χ0) is 15.2. The molecular formula is C14H26N6O. The van der Waals surface area contributed by atoms with Crippen LogP contribution in [0.5, 0.6) is 0 Å². The maximum atomic E-state index is 11.8. The predicted molar refractivity (Wildman–Crippen MR) is 83.5 cm³/mol. The van der Waals surface area contributed by atoms with Crippen LogP contribution in [0.25, 0.3) is 0 Å². The van der Waals surface area contributed by atoms with Gasteiger partial charge in [0.05, 0.1) is 5.69 Å². The highest BCUT2D eigenvalue weighted by Gasteiger charge is 2.15. The first-order chi connectivity index (χ1) is 10.1. The molecule has 0 unspecified atom stereocenters. The van der Waals surface area contributed by atoms with E-state index in [-0.39, 0.29) is 6.03 Å². The lowest BCUT2D eigenvalue weighted by atomic mass is 10.3. The number of likely N-dealkylation sites (N-methyl/N-ethyl adjacent to an activating group) is 1. The van der Waals surface area contributed by atoms with Gasteiger partial charge in [-0.2, -0.15) is 5.10 Å². The predicted octanol–water partition coefficient (Wildman–Crippen LogP) is 0.488. The van der Waals surface area contributed by atoms with Crippen molar-refractivity contribution in [3.05, 3.63) is 11.8 Å². The summed E-state index contributed by atoms with van der Waals surface area (Å²) < 4.78 is 1.67. The molecule has 0 aliphatic carbocycles. The maximum absolute atomic E-state index is 11.8. The van der Waals surface area contributed by atoms with Gasteiger partial charge in [0.1, 0.15) is 5.82 Å². The highest BCUT2D eigenvalue weighted by molar-refractivity contribution is 5.88. The Morgan fingerprint density at radius 1 is 1.29 bits per heavy atom. The van der Waals surface area contributed by atoms with E-state index in [0.717, 1.165) is 45.0 Å². The number of nitrogens with one attached hydrogen (secondary N) is 2. The van der Waals surface area contributed by atoms with Crippen LogP contribution in [0.15, 0.2) is 6.07 Å². The van der Waals surface area contributed by atoms with Gasteiger partial charge in [0.25, 0.3) is 0 Å². The highest BCUT2D eigenvalue weighted by atomic mass is 16.2. The van der Waals surface area contributed by atoms with Gasteiger partial charge in [-0.25, -0.2) is 4.79 Å². The van der Waals surface area contributed by atoms with Crippen molar-refractivity contribution in [2.45, 2.75) is 13.8 Å². The second-order valence-corrected chi connectivity index (χ2v) is 5.45. The van der Waals surface area contributed by atoms with Crippen molar-refractivity contribution >= 4 is 11.8 Å². The molecule has 2 rings (SSSR count). The molecule has 2 N–H and O–H groups in total. The Morgan fingerprint density at radius 3 is 2.52 bits per heavy atom. The fourth-order valence-electron chi connectivity index (χ4n) is 2.54. The number of urea groups is 1. The average molecular weight is 294 g/mol. The van der Waals surface area contributed by atoms with Gasteiger partial charge in [0.15, 0.2) is 0 Å². The molecule has 0 spiro atoms. The van der Waals surface area contributed by atoms with Crippen molar-refractivity contribution < 1.29 is 4.79 Å². The number of aromatic nitrogens is 2. The second kappa shape index (κ2) is 7.42. The van der Waals surface area contributed by atoms with E-state index in [9.17, 15) is 4.79 Å². The van der Waals surface area contributed by atoms with Crippen LogP contribution in [0.4, 0.5) is 10.6 Å². The van der Waals surface area contributed by atoms with E-state index in [4.69, 9.17) is 0 Å². The number of carbonyl (C=O) groups is 1. The SMILES string of the molecule is CCN1CCN(CCNC(=O)Nc2cc(C)nn2C)CC1. The molecule has 1 aromatic rings. The van der Waals surface area contributed by atoms with Crippen LogP contribution >= 0.6 is 0 Å². The fourth-order valence-corrected chi connectivity index (χ4v) is 2.54. The fraction of sp³-hybridized carbons (Fsp3) is 0.714. The molecule has 0 bridgehead atoms. The zero-order valence-corrected chi connectivity index (χ0v) is 13.2. The lowest BCUT2D eigenvalue weighted by Crippen LogP contribution is -2.48. The highest BCUT2D eigenvalue weighted by Crippen LogP contribution is 2.07. The molecule has 0 radical (unpaired) electrons. The number of anilines is 1. The summed E-state index contributed by atoms with van der Waals surface area (Å²) in [6.45, 7) is 11.2. The standard InChI is InChI=1S/C14H26N6O/c1-4-19-7-9-20(10-8-19)6-5-15-14(21)16-13-11-12(2)17-18(13)3/h11H,4-10H2,1-3H3,(H2,15,16,21). The largest absolute Gasteiger partial charge is 0.337 e. The molecule has 7 heteroatoms. The van der Waals surface area contributed by atoms with Crippen molar-refractivity contribution in [1.29, 1.82) is 0 Å². The first kappa shape index (κ1) is 15.8. The number of carbonyl (C=O) groups excluding carboxylic acids is 1. The van der Waals surface area contributed by atoms with Crippen LogP contribution < -0.4 is 10.6 Å². The third-order valence-corrected chi connectivity index (χ3v) is 3.87. The average Bonchev–Trinajstić information content (AvgIpc) is 2.77. The van der Waals surface area contributed by atoms with Crippen molar-refractivity contribution in [2.75, 3.05) is 51.1 Å². The van der Waals surface area contributed by atoms with Crippen LogP contribution in [0.2, 0.25) is 0 Å². The van der Waals surface area contributed by atoms with Gasteiger partial charge < -0.3 is 10.2 Å². The summed E-state index contributed by atoms with van der Waals surface area (Å²) in [5.74, 6) is 0.710. The third kappa shape index (κ3) is 4.71. The summed E-state index contributed by atoms with van der Waals surface area (Å²) >= 11 is 0. The normalized spacial score (nSPS) is 16.9. The van der Waals surface area contributed by atoms with Crippen LogP contribution in [0.1, 0.15) is 12.6 Å². The Bertz CT molecular complexity index is 464. The van der Waals surface area contributed by atoms with E-state index in [0.29, 0.717) is 12.4 Å².